The molecule has 0 fully saturated rings. The van der Waals surface area contributed by atoms with Crippen LogP contribution in [0.15, 0.2) is 71.7 Å². The number of anilines is 2. The zero-order valence-corrected chi connectivity index (χ0v) is 16.0. The van der Waals surface area contributed by atoms with Crippen molar-refractivity contribution in [2.24, 2.45) is 0 Å². The molecule has 0 saturated carbocycles. The van der Waals surface area contributed by atoms with Gasteiger partial charge in [0.1, 0.15) is 5.82 Å². The van der Waals surface area contributed by atoms with E-state index in [2.05, 4.69) is 42.9 Å². The number of fused-ring (bicyclic) bond motifs is 1. The third-order valence-electron chi connectivity index (χ3n) is 4.60. The van der Waals surface area contributed by atoms with E-state index in [-0.39, 0.29) is 0 Å². The zero-order valence-electron chi connectivity index (χ0n) is 15.2. The Morgan fingerprint density at radius 3 is 2.57 bits per heavy atom. The molecule has 3 heterocycles. The molecule has 0 atom stereocenters. The molecule has 5 aromatic rings. The Kier molecular flexibility index (Phi) is 4.10. The van der Waals surface area contributed by atoms with E-state index in [1.165, 1.54) is 11.1 Å². The minimum atomic E-state index is 0.568. The molecule has 0 saturated heterocycles. The Bertz CT molecular complexity index is 1220. The maximum absolute atomic E-state index is 4.67. The second kappa shape index (κ2) is 6.90. The highest BCUT2D eigenvalue weighted by Crippen LogP contribution is 2.27. The summed E-state index contributed by atoms with van der Waals surface area (Å²) in [6, 6.07) is 16.1. The van der Waals surface area contributed by atoms with Gasteiger partial charge in [-0.05, 0) is 53.1 Å². The van der Waals surface area contributed by atoms with Crippen LogP contribution in [-0.4, -0.2) is 19.9 Å². The lowest BCUT2D eigenvalue weighted by Crippen LogP contribution is -1.97. The molecular formula is C22H17N5S. The standard InChI is InChI=1S/C22H17N5S/c1-14-12-28-13-18(14)16-10-23-22(24-11-16)25-17-6-4-5-15(9-17)21-26-19-7-2-3-8-20(19)27-21/h2-13H,1H3,(H,26,27)(H,23,24,25). The summed E-state index contributed by atoms with van der Waals surface area (Å²) in [4.78, 5) is 17.0. The van der Waals surface area contributed by atoms with Gasteiger partial charge in [0.25, 0.3) is 0 Å². The van der Waals surface area contributed by atoms with Crippen LogP contribution >= 0.6 is 11.3 Å². The number of imidazole rings is 1. The van der Waals surface area contributed by atoms with Crippen LogP contribution in [0, 0.1) is 6.92 Å². The fourth-order valence-electron chi connectivity index (χ4n) is 3.15. The van der Waals surface area contributed by atoms with Gasteiger partial charge in [-0.15, -0.1) is 0 Å². The van der Waals surface area contributed by atoms with Gasteiger partial charge in [0.15, 0.2) is 0 Å². The van der Waals surface area contributed by atoms with Crippen LogP contribution in [0.25, 0.3) is 33.5 Å². The summed E-state index contributed by atoms with van der Waals surface area (Å²) >= 11 is 1.69. The lowest BCUT2D eigenvalue weighted by Gasteiger charge is -2.07. The number of hydrogen-bond donors (Lipinski definition) is 2. The molecule has 2 aromatic carbocycles. The molecule has 0 bridgehead atoms. The van der Waals surface area contributed by atoms with Gasteiger partial charge in [-0.1, -0.05) is 24.3 Å². The molecule has 0 amide bonds. The summed E-state index contributed by atoms with van der Waals surface area (Å²) in [6.07, 6.45) is 3.71. The summed E-state index contributed by atoms with van der Waals surface area (Å²) in [7, 11) is 0. The number of aromatic amines is 1. The third kappa shape index (κ3) is 3.14. The topological polar surface area (TPSA) is 66.5 Å². The van der Waals surface area contributed by atoms with Crippen molar-refractivity contribution in [3.8, 4) is 22.5 Å². The lowest BCUT2D eigenvalue weighted by atomic mass is 10.1. The maximum Gasteiger partial charge on any atom is 0.227 e. The van der Waals surface area contributed by atoms with Gasteiger partial charge >= 0.3 is 0 Å². The van der Waals surface area contributed by atoms with Crippen molar-refractivity contribution in [2.45, 2.75) is 6.92 Å². The number of nitrogens with one attached hydrogen (secondary N) is 2. The summed E-state index contributed by atoms with van der Waals surface area (Å²) < 4.78 is 0. The van der Waals surface area contributed by atoms with Crippen molar-refractivity contribution in [3.05, 3.63) is 77.2 Å². The van der Waals surface area contributed by atoms with Crippen molar-refractivity contribution >= 4 is 34.0 Å². The second-order valence-corrected chi connectivity index (χ2v) is 7.32. The Hall–Kier alpha value is -3.51. The average molecular weight is 383 g/mol. The summed E-state index contributed by atoms with van der Waals surface area (Å²) in [5.74, 6) is 1.41. The van der Waals surface area contributed by atoms with Gasteiger partial charge in [0, 0.05) is 29.2 Å². The van der Waals surface area contributed by atoms with E-state index >= 15 is 0 Å². The number of thiophene rings is 1. The number of nitrogens with zero attached hydrogens (tertiary/aromatic N) is 3. The molecule has 0 radical (unpaired) electrons. The largest absolute Gasteiger partial charge is 0.338 e. The monoisotopic (exact) mass is 383 g/mol. The Labute approximate surface area is 166 Å². The normalized spacial score (nSPS) is 11.0. The number of rotatable bonds is 4. The number of para-hydroxylation sites is 2. The quantitative estimate of drug-likeness (QED) is 0.411. The smallest absolute Gasteiger partial charge is 0.227 e. The first kappa shape index (κ1) is 16.6. The highest BCUT2D eigenvalue weighted by Gasteiger charge is 2.07. The van der Waals surface area contributed by atoms with Crippen molar-refractivity contribution < 1.29 is 0 Å². The van der Waals surface area contributed by atoms with Crippen molar-refractivity contribution in [3.63, 3.8) is 0 Å². The molecular weight excluding hydrogens is 366 g/mol. The molecule has 0 spiro atoms. The van der Waals surface area contributed by atoms with E-state index < -0.39 is 0 Å². The van der Waals surface area contributed by atoms with Crippen LogP contribution in [-0.2, 0) is 0 Å². The number of aryl methyl sites for hydroxylation is 1. The molecule has 5 nitrogen and oxygen atoms in total. The van der Waals surface area contributed by atoms with Crippen molar-refractivity contribution in [1.29, 1.82) is 0 Å². The van der Waals surface area contributed by atoms with Gasteiger partial charge in [-0.2, -0.15) is 11.3 Å². The molecule has 3 aromatic heterocycles. The molecule has 0 aliphatic carbocycles. The summed E-state index contributed by atoms with van der Waals surface area (Å²) in [5.41, 5.74) is 7.36. The van der Waals surface area contributed by atoms with Gasteiger partial charge in [-0.25, -0.2) is 15.0 Å². The number of aromatic nitrogens is 4. The fraction of sp³-hybridized carbons (Fsp3) is 0.0455. The van der Waals surface area contributed by atoms with Gasteiger partial charge in [-0.3, -0.25) is 0 Å². The van der Waals surface area contributed by atoms with Gasteiger partial charge in [0.2, 0.25) is 5.95 Å². The van der Waals surface area contributed by atoms with E-state index in [0.717, 1.165) is 33.7 Å². The van der Waals surface area contributed by atoms with Crippen LogP contribution in [0.4, 0.5) is 11.6 Å². The highest BCUT2D eigenvalue weighted by molar-refractivity contribution is 7.08. The molecule has 0 unspecified atom stereocenters. The second-order valence-electron chi connectivity index (χ2n) is 6.57. The summed E-state index contributed by atoms with van der Waals surface area (Å²) in [6.45, 7) is 2.10. The highest BCUT2D eigenvalue weighted by atomic mass is 32.1. The summed E-state index contributed by atoms with van der Waals surface area (Å²) in [5, 5.41) is 7.53. The molecule has 28 heavy (non-hydrogen) atoms. The first-order valence-corrected chi connectivity index (χ1v) is 9.88. The van der Waals surface area contributed by atoms with Crippen LogP contribution in [0.5, 0.6) is 0 Å². The molecule has 0 aliphatic heterocycles. The van der Waals surface area contributed by atoms with Crippen molar-refractivity contribution in [2.75, 3.05) is 5.32 Å². The third-order valence-corrected chi connectivity index (χ3v) is 5.46. The van der Waals surface area contributed by atoms with Gasteiger partial charge in [0.05, 0.1) is 11.0 Å². The lowest BCUT2D eigenvalue weighted by molar-refractivity contribution is 1.17. The van der Waals surface area contributed by atoms with Crippen LogP contribution < -0.4 is 5.32 Å². The molecule has 6 heteroatoms. The Morgan fingerprint density at radius 1 is 0.929 bits per heavy atom. The fourth-order valence-corrected chi connectivity index (χ4v) is 4.01. The first-order valence-electron chi connectivity index (χ1n) is 8.94. The Balaban J connectivity index is 1.40. The van der Waals surface area contributed by atoms with Crippen LogP contribution in [0.2, 0.25) is 0 Å². The molecule has 2 N–H and O–H groups in total. The maximum atomic E-state index is 4.67. The first-order chi connectivity index (χ1) is 13.8. The number of benzene rings is 2. The number of hydrogen-bond acceptors (Lipinski definition) is 5. The SMILES string of the molecule is Cc1cscc1-c1cnc(Nc2cccc(-c3nc4ccccc4[nH]3)c2)nc1. The van der Waals surface area contributed by atoms with Crippen molar-refractivity contribution in [1.82, 2.24) is 19.9 Å². The molecule has 136 valence electrons. The van der Waals surface area contributed by atoms with E-state index in [4.69, 9.17) is 0 Å². The predicted octanol–water partition coefficient (Wildman–Crippen LogP) is 5.80. The minimum Gasteiger partial charge on any atom is -0.338 e. The zero-order chi connectivity index (χ0) is 18.9. The van der Waals surface area contributed by atoms with Crippen LogP contribution in [0.1, 0.15) is 5.56 Å². The molecule has 0 aliphatic rings. The van der Waals surface area contributed by atoms with E-state index in [0.29, 0.717) is 5.95 Å². The predicted molar refractivity (Wildman–Crippen MR) is 115 cm³/mol. The average Bonchev–Trinajstić information content (AvgIpc) is 3.35. The van der Waals surface area contributed by atoms with Gasteiger partial charge < -0.3 is 10.3 Å². The Morgan fingerprint density at radius 2 is 1.79 bits per heavy atom. The van der Waals surface area contributed by atoms with E-state index in [1.54, 1.807) is 11.3 Å². The van der Waals surface area contributed by atoms with E-state index in [9.17, 15) is 0 Å². The molecule has 5 rings (SSSR count). The van der Waals surface area contributed by atoms with E-state index in [1.807, 2.05) is 60.9 Å². The van der Waals surface area contributed by atoms with Crippen LogP contribution in [0.3, 0.4) is 0 Å². The number of H-pyrrole nitrogens is 1. The minimum absolute atomic E-state index is 0.568.